The fraction of sp³-hybridized carbons (Fsp3) is 0.0667. The lowest BCUT2D eigenvalue weighted by Gasteiger charge is -2.17. The van der Waals surface area contributed by atoms with Crippen molar-refractivity contribution in [1.82, 2.24) is 5.32 Å². The number of nitrogens with one attached hydrogen (secondary N) is 2. The molecule has 26 heavy (non-hydrogen) atoms. The Bertz CT molecular complexity index is 995. The lowest BCUT2D eigenvalue weighted by Crippen LogP contribution is -2.29. The molecule has 0 spiro atoms. The largest absolute Gasteiger partial charge is 0.453 e. The summed E-state index contributed by atoms with van der Waals surface area (Å²) in [6.45, 7) is 0. The fourth-order valence-corrected chi connectivity index (χ4v) is 4.14. The molecule has 0 bridgehead atoms. The van der Waals surface area contributed by atoms with E-state index < -0.39 is 16.2 Å². The van der Waals surface area contributed by atoms with E-state index in [1.165, 1.54) is 31.4 Å². The number of hydrogen-bond donors (Lipinski definition) is 2. The molecule has 0 aromatic heterocycles. The number of benzene rings is 2. The molecule has 0 aliphatic carbocycles. The van der Waals surface area contributed by atoms with Gasteiger partial charge in [-0.15, -0.1) is 0 Å². The summed E-state index contributed by atoms with van der Waals surface area (Å²) in [5.74, 6) is 0.136. The first kappa shape index (κ1) is 18.5. The van der Waals surface area contributed by atoms with Crippen molar-refractivity contribution >= 4 is 60.6 Å². The predicted octanol–water partition coefficient (Wildman–Crippen LogP) is 3.63. The van der Waals surface area contributed by atoms with Gasteiger partial charge in [-0.25, -0.2) is 9.79 Å². The van der Waals surface area contributed by atoms with Crippen molar-refractivity contribution in [3.05, 3.63) is 46.9 Å². The summed E-state index contributed by atoms with van der Waals surface area (Å²) < 4.78 is 38.0. The van der Waals surface area contributed by atoms with Gasteiger partial charge in [0.05, 0.1) is 18.5 Å². The number of alkyl carbamates (subject to hydrolysis) is 1. The minimum absolute atomic E-state index is 0.0366. The van der Waals surface area contributed by atoms with E-state index in [0.29, 0.717) is 21.0 Å². The Morgan fingerprint density at radius 1 is 1.27 bits per heavy atom. The lowest BCUT2D eigenvalue weighted by molar-refractivity contribution is 0.177. The maximum atomic E-state index is 12.4. The molecule has 0 atom stereocenters. The average Bonchev–Trinajstić information content (AvgIpc) is 2.61. The second-order valence-corrected chi connectivity index (χ2v) is 8.17. The second kappa shape index (κ2) is 7.56. The van der Waals surface area contributed by atoms with E-state index in [4.69, 9.17) is 4.18 Å². The Morgan fingerprint density at radius 3 is 2.81 bits per heavy atom. The third-order valence-corrected chi connectivity index (χ3v) is 5.58. The molecule has 0 saturated heterocycles. The van der Waals surface area contributed by atoms with Gasteiger partial charge in [-0.1, -0.05) is 22.0 Å². The van der Waals surface area contributed by atoms with E-state index in [2.05, 4.69) is 35.7 Å². The van der Waals surface area contributed by atoms with Crippen LogP contribution in [0.5, 0.6) is 5.75 Å². The lowest BCUT2D eigenvalue weighted by atomic mass is 10.2. The van der Waals surface area contributed by atoms with Crippen molar-refractivity contribution in [2.75, 3.05) is 11.8 Å². The van der Waals surface area contributed by atoms with Gasteiger partial charge in [0.15, 0.2) is 5.17 Å². The van der Waals surface area contributed by atoms with E-state index in [-0.39, 0.29) is 10.6 Å². The number of aliphatic imine (C=N–C) groups is 1. The molecule has 1 amide bonds. The van der Waals surface area contributed by atoms with Crippen molar-refractivity contribution < 1.29 is 22.1 Å². The van der Waals surface area contributed by atoms with Gasteiger partial charge in [0.25, 0.3) is 0 Å². The summed E-state index contributed by atoms with van der Waals surface area (Å²) >= 11 is 4.28. The molecule has 11 heteroatoms. The Morgan fingerprint density at radius 2 is 2.08 bits per heavy atom. The number of carbonyl (C=O) groups is 1. The summed E-state index contributed by atoms with van der Waals surface area (Å²) in [7, 11) is -2.72. The highest BCUT2D eigenvalue weighted by molar-refractivity contribution is 9.10. The van der Waals surface area contributed by atoms with Crippen LogP contribution < -0.4 is 14.2 Å². The molecular weight excluding hydrogens is 446 g/mol. The Labute approximate surface area is 162 Å². The van der Waals surface area contributed by atoms with Crippen LogP contribution in [0.25, 0.3) is 0 Å². The van der Waals surface area contributed by atoms with Gasteiger partial charge < -0.3 is 13.6 Å². The summed E-state index contributed by atoms with van der Waals surface area (Å²) in [6.07, 6.45) is -0.637. The van der Waals surface area contributed by atoms with Gasteiger partial charge in [0, 0.05) is 22.5 Å². The van der Waals surface area contributed by atoms with E-state index in [1.807, 2.05) is 0 Å². The van der Waals surface area contributed by atoms with E-state index in [9.17, 15) is 13.2 Å². The molecule has 0 radical (unpaired) electrons. The van der Waals surface area contributed by atoms with Gasteiger partial charge >= 0.3 is 16.2 Å². The number of nitrogens with zero attached hydrogens (tertiary/aromatic N) is 1. The third-order valence-electron chi connectivity index (χ3n) is 3.13. The maximum Gasteiger partial charge on any atom is 0.412 e. The van der Waals surface area contributed by atoms with E-state index in [0.717, 1.165) is 11.9 Å². The molecule has 1 heterocycles. The highest BCUT2D eigenvalue weighted by Gasteiger charge is 2.20. The fourth-order valence-electron chi connectivity index (χ4n) is 1.97. The first-order valence-electron chi connectivity index (χ1n) is 7.08. The van der Waals surface area contributed by atoms with Crippen molar-refractivity contribution in [2.45, 2.75) is 4.90 Å². The van der Waals surface area contributed by atoms with Crippen LogP contribution in [0.2, 0.25) is 0 Å². The smallest absolute Gasteiger partial charge is 0.412 e. The predicted molar refractivity (Wildman–Crippen MR) is 102 cm³/mol. The number of ether oxygens (including phenoxy) is 1. The zero-order chi connectivity index (χ0) is 18.7. The summed E-state index contributed by atoms with van der Waals surface area (Å²) in [5, 5.41) is 2.75. The van der Waals surface area contributed by atoms with Crippen LogP contribution in [0.1, 0.15) is 0 Å². The van der Waals surface area contributed by atoms with Crippen LogP contribution in [-0.4, -0.2) is 26.8 Å². The second-order valence-electron chi connectivity index (χ2n) is 4.91. The Hall–Kier alpha value is -2.24. The van der Waals surface area contributed by atoms with Crippen LogP contribution in [0, 0.1) is 0 Å². The van der Waals surface area contributed by atoms with Crippen molar-refractivity contribution in [3.8, 4) is 5.75 Å². The average molecular weight is 458 g/mol. The molecule has 136 valence electrons. The monoisotopic (exact) mass is 457 g/mol. The van der Waals surface area contributed by atoms with Crippen LogP contribution >= 0.6 is 27.9 Å². The highest BCUT2D eigenvalue weighted by atomic mass is 79.9. The molecule has 3 rings (SSSR count). The van der Waals surface area contributed by atoms with Crippen molar-refractivity contribution in [3.63, 3.8) is 0 Å². The van der Waals surface area contributed by atoms with E-state index in [1.54, 1.807) is 18.2 Å². The minimum Gasteiger partial charge on any atom is -0.453 e. The number of methoxy groups -OCH3 is 1. The highest BCUT2D eigenvalue weighted by Crippen LogP contribution is 2.36. The Kier molecular flexibility index (Phi) is 5.39. The molecule has 8 nitrogen and oxygen atoms in total. The molecule has 2 N–H and O–H groups in total. The minimum atomic E-state index is -3.97. The van der Waals surface area contributed by atoms with Gasteiger partial charge in [-0.2, -0.15) is 8.42 Å². The number of fused-ring (bicyclic) bond motifs is 1. The van der Waals surface area contributed by atoms with Crippen LogP contribution in [0.15, 0.2) is 56.8 Å². The number of anilines is 1. The normalized spacial score (nSPS) is 13.1. The number of amides is 1. The first-order valence-corrected chi connectivity index (χ1v) is 10.1. The summed E-state index contributed by atoms with van der Waals surface area (Å²) in [4.78, 5) is 15.5. The van der Waals surface area contributed by atoms with Crippen molar-refractivity contribution in [1.29, 1.82) is 0 Å². The van der Waals surface area contributed by atoms with E-state index >= 15 is 0 Å². The zero-order valence-corrected chi connectivity index (χ0v) is 16.4. The third kappa shape index (κ3) is 4.29. The number of hydrogen-bond acceptors (Lipinski definition) is 8. The molecule has 2 aromatic rings. The number of amidine groups is 1. The van der Waals surface area contributed by atoms with Gasteiger partial charge in [0.1, 0.15) is 10.6 Å². The molecular formula is C15H12BrN3O5S2. The number of rotatable bonds is 3. The molecule has 0 saturated carbocycles. The standard InChI is InChI=1S/C15H12BrN3O5S2/c1-23-15(20)18-14-17-12-6-5-10(8-13(12)19-25-14)24-26(21,22)11-4-2-3-9(16)7-11/h2-8,19H,1H3,(H,17,18,20). The summed E-state index contributed by atoms with van der Waals surface area (Å²) in [6, 6.07) is 10.8. The quantitative estimate of drug-likeness (QED) is 0.535. The number of halogens is 1. The van der Waals surface area contributed by atoms with Crippen LogP contribution in [0.3, 0.4) is 0 Å². The van der Waals surface area contributed by atoms with Crippen LogP contribution in [-0.2, 0) is 14.9 Å². The first-order chi connectivity index (χ1) is 12.4. The SMILES string of the molecule is COC(=O)NC1=Nc2ccc(OS(=O)(=O)c3cccc(Br)c3)cc2NS1. The van der Waals surface area contributed by atoms with Crippen molar-refractivity contribution in [2.24, 2.45) is 4.99 Å². The molecule has 0 fully saturated rings. The number of carbonyl (C=O) groups excluding carboxylic acids is 1. The molecule has 1 aliphatic rings. The molecule has 0 unspecified atom stereocenters. The topological polar surface area (TPSA) is 106 Å². The molecule has 1 aliphatic heterocycles. The Balaban J connectivity index is 1.81. The zero-order valence-electron chi connectivity index (χ0n) is 13.2. The summed E-state index contributed by atoms with van der Waals surface area (Å²) in [5.41, 5.74) is 1.06. The van der Waals surface area contributed by atoms with Gasteiger partial charge in [-0.3, -0.25) is 5.32 Å². The molecule has 2 aromatic carbocycles. The van der Waals surface area contributed by atoms with Crippen LogP contribution in [0.4, 0.5) is 16.2 Å². The van der Waals surface area contributed by atoms with Gasteiger partial charge in [-0.05, 0) is 30.3 Å². The maximum absolute atomic E-state index is 12.4. The van der Waals surface area contributed by atoms with Gasteiger partial charge in [0.2, 0.25) is 0 Å².